The first-order valence-electron chi connectivity index (χ1n) is 8.05. The van der Waals surface area contributed by atoms with Gasteiger partial charge < -0.3 is 5.32 Å². The van der Waals surface area contributed by atoms with Crippen LogP contribution in [0, 0.1) is 36.4 Å². The first kappa shape index (κ1) is 15.1. The normalized spacial score (nSPS) is 30.2. The van der Waals surface area contributed by atoms with Crippen LogP contribution in [0.4, 0.5) is 10.1 Å². The Hall–Kier alpha value is -2.50. The molecule has 1 saturated heterocycles. The Labute approximate surface area is 138 Å². The summed E-state index contributed by atoms with van der Waals surface area (Å²) in [5, 5.41) is 2.58. The van der Waals surface area contributed by atoms with Crippen molar-refractivity contribution in [1.82, 2.24) is 4.90 Å². The maximum atomic E-state index is 13.3. The van der Waals surface area contributed by atoms with Crippen LogP contribution in [0.1, 0.15) is 12.0 Å². The van der Waals surface area contributed by atoms with Gasteiger partial charge in [0, 0.05) is 5.69 Å². The van der Waals surface area contributed by atoms with Crippen LogP contribution in [0.15, 0.2) is 30.4 Å². The van der Waals surface area contributed by atoms with Crippen molar-refractivity contribution in [2.24, 2.45) is 23.7 Å². The number of aryl methyl sites for hydroxylation is 1. The second-order valence-electron chi connectivity index (χ2n) is 6.77. The number of carbonyl (C=O) groups is 3. The standard InChI is InChI=1S/C18H17FN2O3/c1-9-2-5-12(19)7-13(9)20-14(22)8-21-17(23)15-10-3-4-11(6-10)16(15)18(21)24/h2-5,7,10-11,15-16H,6,8H2,1H3,(H,20,22)/t10-,11-,15-,16+/m0/s1. The van der Waals surface area contributed by atoms with Gasteiger partial charge in [0.25, 0.3) is 0 Å². The molecule has 0 radical (unpaired) electrons. The number of allylic oxidation sites excluding steroid dienone is 2. The van der Waals surface area contributed by atoms with Crippen LogP contribution >= 0.6 is 0 Å². The highest BCUT2D eigenvalue weighted by Crippen LogP contribution is 2.52. The van der Waals surface area contributed by atoms with Gasteiger partial charge in [-0.2, -0.15) is 0 Å². The third-order valence-electron chi connectivity index (χ3n) is 5.34. The number of likely N-dealkylation sites (tertiary alicyclic amines) is 1. The molecule has 3 aliphatic rings. The van der Waals surface area contributed by atoms with Crippen LogP contribution in [0.2, 0.25) is 0 Å². The van der Waals surface area contributed by atoms with Gasteiger partial charge in [-0.15, -0.1) is 0 Å². The monoisotopic (exact) mass is 328 g/mol. The van der Waals surface area contributed by atoms with Crippen molar-refractivity contribution in [1.29, 1.82) is 0 Å². The van der Waals surface area contributed by atoms with Gasteiger partial charge in [-0.3, -0.25) is 19.3 Å². The van der Waals surface area contributed by atoms with Gasteiger partial charge in [-0.05, 0) is 42.9 Å². The second kappa shape index (κ2) is 5.26. The number of hydrogen-bond donors (Lipinski definition) is 1. The fraction of sp³-hybridized carbons (Fsp3) is 0.389. The minimum absolute atomic E-state index is 0.120. The van der Waals surface area contributed by atoms with Gasteiger partial charge in [0.1, 0.15) is 12.4 Å². The summed E-state index contributed by atoms with van der Waals surface area (Å²) in [6, 6.07) is 4.09. The van der Waals surface area contributed by atoms with E-state index in [0.29, 0.717) is 11.3 Å². The van der Waals surface area contributed by atoms with Gasteiger partial charge >= 0.3 is 0 Å². The Bertz CT molecular complexity index is 758. The quantitative estimate of drug-likeness (QED) is 0.680. The van der Waals surface area contributed by atoms with Crippen molar-refractivity contribution < 1.29 is 18.8 Å². The maximum absolute atomic E-state index is 13.3. The zero-order valence-corrected chi connectivity index (χ0v) is 13.2. The zero-order valence-electron chi connectivity index (χ0n) is 13.2. The molecule has 2 aliphatic carbocycles. The van der Waals surface area contributed by atoms with Gasteiger partial charge in [-0.1, -0.05) is 18.2 Å². The largest absolute Gasteiger partial charge is 0.324 e. The number of rotatable bonds is 3. The van der Waals surface area contributed by atoms with Crippen molar-refractivity contribution in [3.63, 3.8) is 0 Å². The Morgan fingerprint density at radius 2 is 1.83 bits per heavy atom. The molecule has 0 spiro atoms. The molecule has 0 aromatic heterocycles. The van der Waals surface area contributed by atoms with Crippen molar-refractivity contribution in [2.45, 2.75) is 13.3 Å². The van der Waals surface area contributed by atoms with E-state index in [2.05, 4.69) is 5.32 Å². The average Bonchev–Trinajstić information content (AvgIpc) is 3.21. The average molecular weight is 328 g/mol. The van der Waals surface area contributed by atoms with Crippen molar-refractivity contribution in [2.75, 3.05) is 11.9 Å². The number of amides is 3. The number of hydrogen-bond acceptors (Lipinski definition) is 3. The minimum atomic E-state index is -0.495. The van der Waals surface area contributed by atoms with Crippen molar-refractivity contribution in [3.8, 4) is 0 Å². The predicted molar refractivity (Wildman–Crippen MR) is 84.2 cm³/mol. The lowest BCUT2D eigenvalue weighted by Gasteiger charge is -2.17. The van der Waals surface area contributed by atoms with E-state index < -0.39 is 11.7 Å². The predicted octanol–water partition coefficient (Wildman–Crippen LogP) is 1.88. The van der Waals surface area contributed by atoms with Crippen LogP contribution in [-0.4, -0.2) is 29.2 Å². The van der Waals surface area contributed by atoms with E-state index in [0.717, 1.165) is 11.3 Å². The summed E-state index contributed by atoms with van der Waals surface area (Å²) in [6.07, 6.45) is 4.88. The first-order chi connectivity index (χ1) is 11.5. The molecule has 1 heterocycles. The van der Waals surface area contributed by atoms with E-state index >= 15 is 0 Å². The van der Waals surface area contributed by atoms with Gasteiger partial charge in [0.2, 0.25) is 17.7 Å². The molecular formula is C18H17FN2O3. The third-order valence-corrected chi connectivity index (χ3v) is 5.34. The molecule has 1 aromatic carbocycles. The first-order valence-corrected chi connectivity index (χ1v) is 8.05. The lowest BCUT2D eigenvalue weighted by atomic mass is 9.85. The fourth-order valence-corrected chi connectivity index (χ4v) is 4.18. The van der Waals surface area contributed by atoms with Crippen LogP contribution in [0.3, 0.4) is 0 Å². The molecule has 3 amide bonds. The molecular weight excluding hydrogens is 311 g/mol. The lowest BCUT2D eigenvalue weighted by Crippen LogP contribution is -2.39. The van der Waals surface area contributed by atoms with Gasteiger partial charge in [0.05, 0.1) is 11.8 Å². The molecule has 6 heteroatoms. The number of carbonyl (C=O) groups excluding carboxylic acids is 3. The number of nitrogens with one attached hydrogen (secondary N) is 1. The molecule has 0 unspecified atom stereocenters. The lowest BCUT2D eigenvalue weighted by molar-refractivity contribution is -0.143. The molecule has 1 N–H and O–H groups in total. The van der Waals surface area contributed by atoms with Crippen LogP contribution in [0.25, 0.3) is 0 Å². The highest BCUT2D eigenvalue weighted by atomic mass is 19.1. The Morgan fingerprint density at radius 1 is 1.21 bits per heavy atom. The molecule has 2 fully saturated rings. The highest BCUT2D eigenvalue weighted by Gasteiger charge is 2.59. The van der Waals surface area contributed by atoms with Gasteiger partial charge in [-0.25, -0.2) is 4.39 Å². The summed E-state index contributed by atoms with van der Waals surface area (Å²) in [6.45, 7) is 1.43. The zero-order chi connectivity index (χ0) is 17.0. The Morgan fingerprint density at radius 3 is 2.46 bits per heavy atom. The number of benzene rings is 1. The third kappa shape index (κ3) is 2.17. The van der Waals surface area contributed by atoms with Gasteiger partial charge in [0.15, 0.2) is 0 Å². The Kier molecular flexibility index (Phi) is 3.30. The highest BCUT2D eigenvalue weighted by molar-refractivity contribution is 6.09. The van der Waals surface area contributed by atoms with E-state index in [1.54, 1.807) is 13.0 Å². The van der Waals surface area contributed by atoms with Crippen molar-refractivity contribution in [3.05, 3.63) is 41.7 Å². The van der Waals surface area contributed by atoms with Crippen molar-refractivity contribution >= 4 is 23.4 Å². The SMILES string of the molecule is Cc1ccc(F)cc1NC(=O)CN1C(=O)[C@@H]2[C@H](C1=O)[C@H]1C=C[C@H]2C1. The molecule has 1 saturated carbocycles. The number of imide groups is 1. The number of fused-ring (bicyclic) bond motifs is 5. The van der Waals surface area contributed by atoms with E-state index in [4.69, 9.17) is 0 Å². The summed E-state index contributed by atoms with van der Waals surface area (Å²) in [4.78, 5) is 38.3. The summed E-state index contributed by atoms with van der Waals surface area (Å²) < 4.78 is 13.3. The molecule has 5 nitrogen and oxygen atoms in total. The fourth-order valence-electron chi connectivity index (χ4n) is 4.18. The summed E-state index contributed by atoms with van der Waals surface area (Å²) in [5.74, 6) is -1.84. The minimum Gasteiger partial charge on any atom is -0.324 e. The molecule has 4 rings (SSSR count). The molecule has 4 atom stereocenters. The number of anilines is 1. The topological polar surface area (TPSA) is 66.5 Å². The van der Waals surface area contributed by atoms with Crippen LogP contribution in [0.5, 0.6) is 0 Å². The Balaban J connectivity index is 1.48. The summed E-state index contributed by atoms with van der Waals surface area (Å²) in [7, 11) is 0. The number of nitrogens with zero attached hydrogens (tertiary/aromatic N) is 1. The van der Waals surface area contributed by atoms with Crippen LogP contribution in [-0.2, 0) is 14.4 Å². The maximum Gasteiger partial charge on any atom is 0.244 e. The number of halogens is 1. The summed E-state index contributed by atoms with van der Waals surface area (Å²) >= 11 is 0. The van der Waals surface area contributed by atoms with E-state index in [1.807, 2.05) is 12.2 Å². The molecule has 24 heavy (non-hydrogen) atoms. The second-order valence-corrected chi connectivity index (χ2v) is 6.77. The molecule has 1 aromatic rings. The van der Waals surface area contributed by atoms with E-state index in [9.17, 15) is 18.8 Å². The molecule has 124 valence electrons. The molecule has 2 bridgehead atoms. The smallest absolute Gasteiger partial charge is 0.244 e. The van der Waals surface area contributed by atoms with Crippen LogP contribution < -0.4 is 5.32 Å². The van der Waals surface area contributed by atoms with E-state index in [-0.39, 0.29) is 42.0 Å². The molecule has 1 aliphatic heterocycles. The summed E-state index contributed by atoms with van der Waals surface area (Å²) in [5.41, 5.74) is 1.06. The van der Waals surface area contributed by atoms with E-state index in [1.165, 1.54) is 12.1 Å².